The highest BCUT2D eigenvalue weighted by Gasteiger charge is 2.44. The van der Waals surface area contributed by atoms with Gasteiger partial charge in [0.25, 0.3) is 11.8 Å². The number of halogens is 1. The lowest BCUT2D eigenvalue weighted by Gasteiger charge is -2.46. The third kappa shape index (κ3) is 8.76. The molecule has 5 heterocycles. The molecule has 2 aromatic carbocycles. The van der Waals surface area contributed by atoms with E-state index in [1.54, 1.807) is 32.0 Å². The number of rotatable bonds is 6. The summed E-state index contributed by atoms with van der Waals surface area (Å²) < 4.78 is 48.3. The number of morpholine rings is 1. The predicted molar refractivity (Wildman–Crippen MR) is 234 cm³/mol. The first-order chi connectivity index (χ1) is 29.5. The van der Waals surface area contributed by atoms with E-state index < -0.39 is 27.8 Å². The van der Waals surface area contributed by atoms with Crippen molar-refractivity contribution in [2.24, 2.45) is 23.2 Å². The Balaban J connectivity index is 1.05. The maximum Gasteiger partial charge on any atom is 0.286 e. The zero-order chi connectivity index (χ0) is 42.3. The second-order valence-corrected chi connectivity index (χ2v) is 20.2. The van der Waals surface area contributed by atoms with Crippen LogP contribution >= 0.6 is 11.6 Å². The Morgan fingerprint density at radius 2 is 1.95 bits per heavy atom. The van der Waals surface area contributed by atoms with E-state index in [1.165, 1.54) is 17.3 Å². The summed E-state index contributed by atoms with van der Waals surface area (Å²) in [7, 11) is 1.46. The van der Waals surface area contributed by atoms with E-state index in [9.17, 15) is 9.59 Å². The molecule has 7 atom stereocenters. The minimum Gasteiger partial charge on any atom is -0.490 e. The monoisotopic (exact) mass is 875 g/mol. The Morgan fingerprint density at radius 1 is 1.07 bits per heavy atom. The highest BCUT2D eigenvalue weighted by Crippen LogP contribution is 2.47. The summed E-state index contributed by atoms with van der Waals surface area (Å²) in [6, 6.07) is 11.9. The van der Waals surface area contributed by atoms with Gasteiger partial charge in [-0.3, -0.25) is 28.8 Å². The number of hydrogen-bond donors (Lipinski definition) is 1. The lowest BCUT2D eigenvalue weighted by molar-refractivity contribution is -0.0465. The van der Waals surface area contributed by atoms with E-state index in [-0.39, 0.29) is 35.2 Å². The van der Waals surface area contributed by atoms with Gasteiger partial charge in [-0.05, 0) is 91.8 Å². The van der Waals surface area contributed by atoms with Crippen LogP contribution in [0.1, 0.15) is 69.6 Å². The number of nitrogens with one attached hydrogen (secondary N) is 1. The first-order valence-corrected chi connectivity index (χ1v) is 23.8. The maximum atomic E-state index is 15.0. The number of piperazine rings is 1. The summed E-state index contributed by atoms with van der Waals surface area (Å²) in [5.74, 6) is -0.109. The third-order valence-corrected chi connectivity index (χ3v) is 16.1. The smallest absolute Gasteiger partial charge is 0.286 e. The van der Waals surface area contributed by atoms with Crippen LogP contribution in [0.2, 0.25) is 5.02 Å². The number of nitrogens with zero attached hydrogens (tertiary/aromatic N) is 6. The average molecular weight is 877 g/mol. The molecule has 6 aliphatic rings. The Bertz CT molecular complexity index is 2300. The zero-order valence-corrected chi connectivity index (χ0v) is 37.0. The summed E-state index contributed by atoms with van der Waals surface area (Å²) in [6.45, 7) is 7.31. The van der Waals surface area contributed by atoms with Gasteiger partial charge < -0.3 is 23.8 Å². The van der Waals surface area contributed by atoms with Crippen molar-refractivity contribution in [1.29, 1.82) is 0 Å². The average Bonchev–Trinajstić information content (AvgIpc) is 3.54. The number of carbonyl (C=O) groups is 2. The SMILES string of the molecule is CO[C@H]1/C=C\[C@H](OC)CCS(=O)(NC(=O)c2cnn(C)c2CN2CCN3CCOC[C@@H]3C2)=NC(=O)c2ccc3c(c2)N(C[C@@H]2CC[C@H]21)C[C@@]1(CCCc2cc(Cl)ccc21)CO3. The Hall–Kier alpha value is -3.83. The van der Waals surface area contributed by atoms with Crippen molar-refractivity contribution >= 4 is 39.0 Å². The molecule has 2 saturated heterocycles. The van der Waals surface area contributed by atoms with Crippen LogP contribution in [0.4, 0.5) is 5.69 Å². The van der Waals surface area contributed by atoms with Gasteiger partial charge in [0, 0.05) is 89.1 Å². The fourth-order valence-corrected chi connectivity index (χ4v) is 12.3. The van der Waals surface area contributed by atoms with Crippen molar-refractivity contribution in [3.05, 3.63) is 87.7 Å². The molecular formula is C45H58ClN7O7S. The van der Waals surface area contributed by atoms with Crippen molar-refractivity contribution in [1.82, 2.24) is 24.3 Å². The lowest BCUT2D eigenvalue weighted by Crippen LogP contribution is -2.57. The van der Waals surface area contributed by atoms with Crippen LogP contribution in [0, 0.1) is 11.8 Å². The number of benzene rings is 2. The van der Waals surface area contributed by atoms with Crippen LogP contribution in [0.15, 0.2) is 59.1 Å². The highest BCUT2D eigenvalue weighted by atomic mass is 35.5. The Kier molecular flexibility index (Phi) is 12.4. The quantitative estimate of drug-likeness (QED) is 0.334. The molecule has 4 aliphatic heterocycles. The molecule has 14 nitrogen and oxygen atoms in total. The molecular weight excluding hydrogens is 818 g/mol. The van der Waals surface area contributed by atoms with Crippen LogP contribution in [-0.4, -0.2) is 133 Å². The standard InChI is InChI=1S/C45H58ClN7O7S/c1-50-40(26-51-16-17-52-18-19-59-27-34(52)25-51)37(23-47-50)44(55)49-61(56)20-14-35(57-2)9-13-41(58-3)36-10-6-32(36)24-53-28-45(15-4-5-30-21-33(46)8-11-38(30)45)29-60-42-12-7-31(22-39(42)53)43(54)48-61/h7-9,11-13,21-23,32,34-36,41H,4-6,10,14-20,24-29H2,1-3H3,(H,48,49,54,55,56)/b13-9-/t32-,34-,35-,36+,41-,45-,61?/m0/s1. The maximum absolute atomic E-state index is 15.0. The number of fused-ring (bicyclic) bond motifs is 5. The van der Waals surface area contributed by atoms with Crippen LogP contribution in [0.5, 0.6) is 5.75 Å². The minimum absolute atomic E-state index is 0.123. The van der Waals surface area contributed by atoms with E-state index in [1.807, 2.05) is 24.3 Å². The minimum atomic E-state index is -3.69. The Morgan fingerprint density at radius 3 is 2.77 bits per heavy atom. The molecule has 1 N–H and O–H groups in total. The fraction of sp³-hybridized carbons (Fsp3) is 0.578. The van der Waals surface area contributed by atoms with Gasteiger partial charge in [-0.15, -0.1) is 4.36 Å². The predicted octanol–water partition coefficient (Wildman–Crippen LogP) is 5.03. The first kappa shape index (κ1) is 42.5. The summed E-state index contributed by atoms with van der Waals surface area (Å²) in [4.78, 5) is 35.7. The van der Waals surface area contributed by atoms with Crippen molar-refractivity contribution in [3.8, 4) is 5.75 Å². The number of ether oxygens (including phenoxy) is 4. The van der Waals surface area contributed by atoms with E-state index >= 15 is 4.21 Å². The molecule has 1 aromatic heterocycles. The molecule has 1 unspecified atom stereocenters. The summed E-state index contributed by atoms with van der Waals surface area (Å²) in [5, 5.41) is 5.16. The molecule has 9 rings (SSSR count). The number of hydrogen-bond acceptors (Lipinski definition) is 11. The molecule has 328 valence electrons. The molecule has 0 radical (unpaired) electrons. The molecule has 1 spiro atoms. The van der Waals surface area contributed by atoms with Gasteiger partial charge in [0.15, 0.2) is 0 Å². The number of aryl methyl sites for hydroxylation is 2. The van der Waals surface area contributed by atoms with Crippen LogP contribution < -0.4 is 14.4 Å². The van der Waals surface area contributed by atoms with Crippen molar-refractivity contribution in [2.45, 2.75) is 68.7 Å². The number of aromatic nitrogens is 2. The van der Waals surface area contributed by atoms with Crippen molar-refractivity contribution in [2.75, 3.05) is 84.0 Å². The molecule has 61 heavy (non-hydrogen) atoms. The van der Waals surface area contributed by atoms with Gasteiger partial charge in [0.2, 0.25) is 0 Å². The van der Waals surface area contributed by atoms with Crippen LogP contribution in [0.25, 0.3) is 0 Å². The normalized spacial score (nSPS) is 31.4. The second-order valence-electron chi connectivity index (χ2n) is 17.7. The lowest BCUT2D eigenvalue weighted by atomic mass is 9.68. The van der Waals surface area contributed by atoms with Gasteiger partial charge in [-0.2, -0.15) is 5.10 Å². The summed E-state index contributed by atoms with van der Waals surface area (Å²) in [6.07, 6.45) is 10.1. The Labute approximate surface area is 364 Å². The molecule has 1 saturated carbocycles. The van der Waals surface area contributed by atoms with Gasteiger partial charge in [-0.25, -0.2) is 4.21 Å². The van der Waals surface area contributed by atoms with E-state index in [4.69, 9.17) is 30.5 Å². The van der Waals surface area contributed by atoms with E-state index in [2.05, 4.69) is 47.1 Å². The van der Waals surface area contributed by atoms with Gasteiger partial charge in [-0.1, -0.05) is 29.8 Å². The number of carbonyl (C=O) groups excluding carboxylic acids is 2. The molecule has 16 heteroatoms. The molecule has 2 aliphatic carbocycles. The zero-order valence-electron chi connectivity index (χ0n) is 35.4. The van der Waals surface area contributed by atoms with Crippen molar-refractivity contribution in [3.63, 3.8) is 0 Å². The molecule has 2 bridgehead atoms. The molecule has 2 amide bonds. The van der Waals surface area contributed by atoms with Gasteiger partial charge >= 0.3 is 0 Å². The largest absolute Gasteiger partial charge is 0.490 e. The van der Waals surface area contributed by atoms with Gasteiger partial charge in [0.1, 0.15) is 15.7 Å². The highest BCUT2D eigenvalue weighted by molar-refractivity contribution is 7.92. The van der Waals surface area contributed by atoms with Crippen LogP contribution in [0.3, 0.4) is 0 Å². The van der Waals surface area contributed by atoms with Gasteiger partial charge in [0.05, 0.1) is 60.9 Å². The third-order valence-electron chi connectivity index (χ3n) is 14.1. The number of amides is 2. The van der Waals surface area contributed by atoms with Crippen LogP contribution in [-0.2, 0) is 49.6 Å². The van der Waals surface area contributed by atoms with E-state index in [0.717, 1.165) is 82.1 Å². The van der Waals surface area contributed by atoms with Crippen molar-refractivity contribution < 1.29 is 32.7 Å². The number of methoxy groups -OCH3 is 2. The summed E-state index contributed by atoms with van der Waals surface area (Å²) in [5.41, 5.74) is 4.28. The number of anilines is 1. The van der Waals surface area contributed by atoms with E-state index in [0.29, 0.717) is 55.3 Å². The molecule has 3 fully saturated rings. The molecule has 3 aromatic rings. The topological polar surface area (TPSA) is 140 Å². The second kappa shape index (κ2) is 17.7. The fourth-order valence-electron chi connectivity index (χ4n) is 10.5. The summed E-state index contributed by atoms with van der Waals surface area (Å²) >= 11 is 6.50. The first-order valence-electron chi connectivity index (χ1n) is 21.7.